The van der Waals surface area contributed by atoms with E-state index in [1.807, 2.05) is 30.3 Å². The van der Waals surface area contributed by atoms with Crippen LogP contribution in [0.4, 0.5) is 11.4 Å². The van der Waals surface area contributed by atoms with Gasteiger partial charge in [0.2, 0.25) is 0 Å². The molecule has 1 atom stereocenters. The molecule has 7 nitrogen and oxygen atoms in total. The second-order valence-corrected chi connectivity index (χ2v) is 6.02. The van der Waals surface area contributed by atoms with Crippen LogP contribution in [0.25, 0.3) is 0 Å². The third-order valence-corrected chi connectivity index (χ3v) is 3.99. The van der Waals surface area contributed by atoms with Gasteiger partial charge in [-0.05, 0) is 18.6 Å². The van der Waals surface area contributed by atoms with E-state index in [1.54, 1.807) is 6.92 Å². The Morgan fingerprint density at radius 1 is 1.13 bits per heavy atom. The fraction of sp³-hybridized carbons (Fsp3) is 0.143. The summed E-state index contributed by atoms with van der Waals surface area (Å²) < 4.78 is 34.0. The first-order valence-electron chi connectivity index (χ1n) is 6.35. The molecule has 1 N–H and O–H groups in total. The van der Waals surface area contributed by atoms with Gasteiger partial charge in [-0.15, -0.1) is 0 Å². The fourth-order valence-electron chi connectivity index (χ4n) is 2.01. The van der Waals surface area contributed by atoms with E-state index in [-0.39, 0.29) is 41.3 Å². The van der Waals surface area contributed by atoms with E-state index in [2.05, 4.69) is 5.32 Å². The van der Waals surface area contributed by atoms with Crippen molar-refractivity contribution >= 4 is 21.5 Å². The number of rotatable bonds is 5. The first-order valence-corrected chi connectivity index (χ1v) is 7.75. The molecule has 2 rings (SSSR count). The van der Waals surface area contributed by atoms with Gasteiger partial charge in [-0.2, -0.15) is 0 Å². The monoisotopic (exact) mass is 344 g/mol. The summed E-state index contributed by atoms with van der Waals surface area (Å²) in [6, 6.07) is 12.0. The molecular weight excluding hydrogens is 331 g/mol. The van der Waals surface area contributed by atoms with Gasteiger partial charge in [0.15, 0.2) is 0 Å². The number of nitro benzene ring substituents is 1. The van der Waals surface area contributed by atoms with Gasteiger partial charge in [0.05, 0.1) is 15.5 Å². The van der Waals surface area contributed by atoms with Gasteiger partial charge >= 0.3 is 29.6 Å². The molecule has 0 heterocycles. The maximum atomic E-state index is 11.3. The topological polar surface area (TPSA) is 112 Å². The number of hydrogen-bond acceptors (Lipinski definition) is 6. The summed E-state index contributed by atoms with van der Waals surface area (Å²) in [5.41, 5.74) is 0.472. The molecule has 0 fully saturated rings. The van der Waals surface area contributed by atoms with Crippen LogP contribution in [0.3, 0.4) is 0 Å². The average molecular weight is 344 g/mol. The van der Waals surface area contributed by atoms with Crippen molar-refractivity contribution in [2.24, 2.45) is 0 Å². The Kier molecular flexibility index (Phi) is 6.72. The molecular formula is C14H13N2NaO5S. The van der Waals surface area contributed by atoms with Crippen LogP contribution in [0.2, 0.25) is 0 Å². The Labute approximate surface area is 155 Å². The smallest absolute Gasteiger partial charge is 0.744 e. The van der Waals surface area contributed by atoms with Crippen LogP contribution >= 0.6 is 0 Å². The molecule has 2 aromatic carbocycles. The van der Waals surface area contributed by atoms with Gasteiger partial charge in [-0.25, -0.2) is 8.42 Å². The van der Waals surface area contributed by atoms with Crippen LogP contribution in [0, 0.1) is 10.1 Å². The Hall–Kier alpha value is -1.45. The molecule has 0 bridgehead atoms. The number of nitro groups is 1. The Morgan fingerprint density at radius 3 is 2.26 bits per heavy atom. The number of nitrogens with zero attached hydrogens (tertiary/aromatic N) is 1. The predicted molar refractivity (Wildman–Crippen MR) is 79.5 cm³/mol. The predicted octanol–water partition coefficient (Wildman–Crippen LogP) is -0.324. The molecule has 0 saturated carbocycles. The molecule has 0 spiro atoms. The van der Waals surface area contributed by atoms with Crippen molar-refractivity contribution in [1.29, 1.82) is 0 Å². The van der Waals surface area contributed by atoms with E-state index < -0.39 is 25.6 Å². The zero-order chi connectivity index (χ0) is 16.3. The average Bonchev–Trinajstić information content (AvgIpc) is 2.47. The molecule has 0 aliphatic carbocycles. The van der Waals surface area contributed by atoms with Crippen LogP contribution in [-0.2, 0) is 10.1 Å². The first-order chi connectivity index (χ1) is 10.3. The van der Waals surface area contributed by atoms with Crippen molar-refractivity contribution in [3.63, 3.8) is 0 Å². The normalized spacial score (nSPS) is 12.1. The van der Waals surface area contributed by atoms with E-state index in [0.717, 1.165) is 17.7 Å². The standard InChI is InChI=1S/C14H14N2O5S.Na/c1-10(11-5-3-2-4-6-11)15-13-8-7-12(16(17)18)9-14(13)22(19,20)21;/h2-10,15H,1H3,(H,19,20,21);/q;+1/p-1. The number of nitrogens with one attached hydrogen (secondary N) is 1. The zero-order valence-corrected chi connectivity index (χ0v) is 15.4. The van der Waals surface area contributed by atoms with E-state index in [9.17, 15) is 23.1 Å². The third kappa shape index (κ3) is 5.02. The van der Waals surface area contributed by atoms with Gasteiger partial charge in [0.25, 0.3) is 5.69 Å². The summed E-state index contributed by atoms with van der Waals surface area (Å²) in [5, 5.41) is 13.6. The Morgan fingerprint density at radius 2 is 1.74 bits per heavy atom. The SMILES string of the molecule is CC(Nc1ccc([N+](=O)[O-])cc1S(=O)(=O)[O-])c1ccccc1.[Na+]. The Bertz CT molecular complexity index is 796. The molecule has 116 valence electrons. The summed E-state index contributed by atoms with van der Waals surface area (Å²) in [6.45, 7) is 1.79. The fourth-order valence-corrected chi connectivity index (χ4v) is 2.67. The van der Waals surface area contributed by atoms with Crippen molar-refractivity contribution in [1.82, 2.24) is 0 Å². The maximum Gasteiger partial charge on any atom is 1.00 e. The molecule has 0 saturated heterocycles. The minimum Gasteiger partial charge on any atom is -0.744 e. The van der Waals surface area contributed by atoms with Gasteiger partial charge in [-0.1, -0.05) is 30.3 Å². The first kappa shape index (κ1) is 19.6. The minimum atomic E-state index is -4.83. The Balaban J connectivity index is 0.00000264. The second-order valence-electron chi connectivity index (χ2n) is 4.67. The number of hydrogen-bond donors (Lipinski definition) is 1. The summed E-state index contributed by atoms with van der Waals surface area (Å²) in [7, 11) is -4.83. The van der Waals surface area contributed by atoms with E-state index >= 15 is 0 Å². The molecule has 9 heteroatoms. The number of benzene rings is 2. The minimum absolute atomic E-state index is 0. The molecule has 0 radical (unpaired) electrons. The molecule has 0 aliphatic heterocycles. The van der Waals surface area contributed by atoms with Crippen LogP contribution in [0.1, 0.15) is 18.5 Å². The summed E-state index contributed by atoms with van der Waals surface area (Å²) in [4.78, 5) is 9.34. The van der Waals surface area contributed by atoms with Crippen molar-refractivity contribution in [3.05, 3.63) is 64.2 Å². The van der Waals surface area contributed by atoms with Crippen molar-refractivity contribution < 1.29 is 47.5 Å². The van der Waals surface area contributed by atoms with Crippen LogP contribution in [0.5, 0.6) is 0 Å². The van der Waals surface area contributed by atoms with E-state index in [1.165, 1.54) is 6.07 Å². The summed E-state index contributed by atoms with van der Waals surface area (Å²) >= 11 is 0. The van der Waals surface area contributed by atoms with Crippen molar-refractivity contribution in [2.45, 2.75) is 17.9 Å². The van der Waals surface area contributed by atoms with Crippen molar-refractivity contribution in [2.75, 3.05) is 5.32 Å². The van der Waals surface area contributed by atoms with Gasteiger partial charge in [-0.3, -0.25) is 10.1 Å². The molecule has 0 amide bonds. The van der Waals surface area contributed by atoms with Gasteiger partial charge < -0.3 is 9.87 Å². The second kappa shape index (κ2) is 7.89. The maximum absolute atomic E-state index is 11.3. The quantitative estimate of drug-likeness (QED) is 0.344. The largest absolute Gasteiger partial charge is 1.00 e. The van der Waals surface area contributed by atoms with Crippen LogP contribution < -0.4 is 34.9 Å². The van der Waals surface area contributed by atoms with Crippen molar-refractivity contribution in [3.8, 4) is 0 Å². The number of anilines is 1. The van der Waals surface area contributed by atoms with Crippen LogP contribution in [-0.4, -0.2) is 17.9 Å². The van der Waals surface area contributed by atoms with Gasteiger partial charge in [0, 0.05) is 18.2 Å². The molecule has 1 unspecified atom stereocenters. The van der Waals surface area contributed by atoms with Gasteiger partial charge in [0.1, 0.15) is 10.1 Å². The number of non-ortho nitro benzene ring substituents is 1. The third-order valence-electron chi connectivity index (χ3n) is 3.12. The zero-order valence-electron chi connectivity index (χ0n) is 12.6. The van der Waals surface area contributed by atoms with E-state index in [4.69, 9.17) is 0 Å². The molecule has 23 heavy (non-hydrogen) atoms. The summed E-state index contributed by atoms with van der Waals surface area (Å²) in [6.07, 6.45) is 0. The van der Waals surface area contributed by atoms with E-state index in [0.29, 0.717) is 0 Å². The molecule has 2 aromatic rings. The van der Waals surface area contributed by atoms with Crippen LogP contribution in [0.15, 0.2) is 53.4 Å². The molecule has 0 aromatic heterocycles. The molecule has 0 aliphatic rings. The summed E-state index contributed by atoms with van der Waals surface area (Å²) in [5.74, 6) is 0.